The van der Waals surface area contributed by atoms with Crippen LogP contribution in [0.15, 0.2) is 73.1 Å². The van der Waals surface area contributed by atoms with Gasteiger partial charge in [-0.1, -0.05) is 18.2 Å². The number of hydrogen-bond acceptors (Lipinski definition) is 5. The van der Waals surface area contributed by atoms with Crippen molar-refractivity contribution in [2.24, 2.45) is 5.92 Å². The minimum absolute atomic E-state index is 0.0889. The van der Waals surface area contributed by atoms with Crippen LogP contribution in [0.25, 0.3) is 11.4 Å². The van der Waals surface area contributed by atoms with E-state index in [1.165, 1.54) is 6.07 Å². The molecule has 200 valence electrons. The van der Waals surface area contributed by atoms with E-state index in [2.05, 4.69) is 20.5 Å². The summed E-state index contributed by atoms with van der Waals surface area (Å²) in [5.41, 5.74) is 1.29. The lowest BCUT2D eigenvalue weighted by molar-refractivity contribution is -0.120. The van der Waals surface area contributed by atoms with Gasteiger partial charge in [-0.15, -0.1) is 10.2 Å². The van der Waals surface area contributed by atoms with Crippen LogP contribution < -0.4 is 5.32 Å². The van der Waals surface area contributed by atoms with Gasteiger partial charge in [0.15, 0.2) is 5.82 Å². The van der Waals surface area contributed by atoms with E-state index in [1.807, 2.05) is 34.9 Å². The highest BCUT2D eigenvalue weighted by Crippen LogP contribution is 2.24. The Balaban J connectivity index is 1.44. The molecule has 1 unspecified atom stereocenters. The molecule has 4 aromatic rings. The number of carbonyl (C=O) groups is 2. The van der Waals surface area contributed by atoms with Gasteiger partial charge in [0, 0.05) is 61.6 Å². The van der Waals surface area contributed by atoms with Crippen LogP contribution in [0.4, 0.5) is 14.5 Å². The molecule has 2 aromatic carbocycles. The Morgan fingerprint density at radius 3 is 2.51 bits per heavy atom. The van der Waals surface area contributed by atoms with Crippen molar-refractivity contribution in [1.82, 2.24) is 24.6 Å². The Hall–Kier alpha value is -4.47. The van der Waals surface area contributed by atoms with Crippen LogP contribution in [0.2, 0.25) is 0 Å². The fraction of sp³-hybridized carbons (Fsp3) is 0.276. The zero-order chi connectivity index (χ0) is 27.2. The third kappa shape index (κ3) is 6.17. The number of fused-ring (bicyclic) bond motifs is 1. The fourth-order valence-electron chi connectivity index (χ4n) is 4.80. The summed E-state index contributed by atoms with van der Waals surface area (Å²) in [6, 6.07) is 15.8. The highest BCUT2D eigenvalue weighted by molar-refractivity contribution is 5.94. The molecule has 1 aliphatic rings. The average molecular weight is 531 g/mol. The lowest BCUT2D eigenvalue weighted by Crippen LogP contribution is -2.35. The van der Waals surface area contributed by atoms with Gasteiger partial charge in [0.05, 0.1) is 5.69 Å². The number of hydrogen-bond donors (Lipinski definition) is 1. The van der Waals surface area contributed by atoms with E-state index in [0.29, 0.717) is 56.7 Å². The molecule has 0 aliphatic carbocycles. The first-order chi connectivity index (χ1) is 19.0. The van der Waals surface area contributed by atoms with Crippen molar-refractivity contribution in [2.45, 2.75) is 32.2 Å². The SMILES string of the molecule is O=C(Nc1ccc(F)cc1F)C1CCN(C(=O)c2ccccc2)CCCc2nnc(-c3cccnc3)n2CC1. The Morgan fingerprint density at radius 2 is 1.74 bits per heavy atom. The van der Waals surface area contributed by atoms with E-state index in [4.69, 9.17) is 0 Å². The predicted octanol–water partition coefficient (Wildman–Crippen LogP) is 4.74. The van der Waals surface area contributed by atoms with Crippen LogP contribution in [0, 0.1) is 17.6 Å². The summed E-state index contributed by atoms with van der Waals surface area (Å²) in [5, 5.41) is 11.4. The van der Waals surface area contributed by atoms with E-state index >= 15 is 0 Å². The summed E-state index contributed by atoms with van der Waals surface area (Å²) in [5.74, 6) is -1.24. The molecular formula is C29H28F2N6O2. The Kier molecular flexibility index (Phi) is 8.00. The molecule has 1 aliphatic heterocycles. The molecule has 0 fully saturated rings. The van der Waals surface area contributed by atoms with Gasteiger partial charge < -0.3 is 14.8 Å². The normalized spacial score (nSPS) is 16.2. The summed E-state index contributed by atoms with van der Waals surface area (Å²) in [6.45, 7) is 1.28. The average Bonchev–Trinajstić information content (AvgIpc) is 3.34. The Morgan fingerprint density at radius 1 is 0.923 bits per heavy atom. The van der Waals surface area contributed by atoms with Crippen LogP contribution in [-0.2, 0) is 17.8 Å². The largest absolute Gasteiger partial charge is 0.339 e. The molecule has 1 N–H and O–H groups in total. The molecule has 3 heterocycles. The number of nitrogens with one attached hydrogen (secondary N) is 1. The number of aryl methyl sites for hydroxylation is 1. The first-order valence-electron chi connectivity index (χ1n) is 12.9. The maximum Gasteiger partial charge on any atom is 0.253 e. The van der Waals surface area contributed by atoms with Crippen molar-refractivity contribution in [2.75, 3.05) is 18.4 Å². The molecule has 5 rings (SSSR count). The molecular weight excluding hydrogens is 502 g/mol. The Labute approximate surface area is 224 Å². The van der Waals surface area contributed by atoms with E-state index in [1.54, 1.807) is 29.4 Å². The van der Waals surface area contributed by atoms with Gasteiger partial charge in [0.1, 0.15) is 17.5 Å². The molecule has 10 heteroatoms. The number of anilines is 1. The number of benzene rings is 2. The van der Waals surface area contributed by atoms with E-state index in [9.17, 15) is 18.4 Å². The minimum atomic E-state index is -0.846. The van der Waals surface area contributed by atoms with Gasteiger partial charge in [-0.3, -0.25) is 14.6 Å². The molecule has 0 saturated carbocycles. The van der Waals surface area contributed by atoms with Gasteiger partial charge in [0.25, 0.3) is 5.91 Å². The van der Waals surface area contributed by atoms with Gasteiger partial charge in [-0.2, -0.15) is 0 Å². The zero-order valence-corrected chi connectivity index (χ0v) is 21.3. The van der Waals surface area contributed by atoms with Crippen molar-refractivity contribution >= 4 is 17.5 Å². The van der Waals surface area contributed by atoms with E-state index < -0.39 is 23.5 Å². The zero-order valence-electron chi connectivity index (χ0n) is 21.3. The smallest absolute Gasteiger partial charge is 0.253 e. The number of pyridine rings is 1. The number of rotatable bonds is 4. The summed E-state index contributed by atoms with van der Waals surface area (Å²) >= 11 is 0. The predicted molar refractivity (Wildman–Crippen MR) is 142 cm³/mol. The van der Waals surface area contributed by atoms with Crippen molar-refractivity contribution in [1.29, 1.82) is 0 Å². The van der Waals surface area contributed by atoms with Crippen LogP contribution >= 0.6 is 0 Å². The highest BCUT2D eigenvalue weighted by atomic mass is 19.1. The molecule has 2 aromatic heterocycles. The summed E-state index contributed by atoms with van der Waals surface area (Å²) < 4.78 is 29.7. The van der Waals surface area contributed by atoms with Crippen molar-refractivity contribution in [3.8, 4) is 11.4 Å². The Bertz CT molecular complexity index is 1440. The van der Waals surface area contributed by atoms with Crippen LogP contribution in [0.1, 0.15) is 35.4 Å². The first kappa shape index (κ1) is 26.1. The van der Waals surface area contributed by atoms with E-state index in [-0.39, 0.29) is 11.6 Å². The van der Waals surface area contributed by atoms with Crippen LogP contribution in [-0.4, -0.2) is 49.6 Å². The lowest BCUT2D eigenvalue weighted by Gasteiger charge is -2.25. The first-order valence-corrected chi connectivity index (χ1v) is 12.9. The lowest BCUT2D eigenvalue weighted by atomic mass is 9.99. The third-order valence-corrected chi connectivity index (χ3v) is 6.89. The molecule has 0 spiro atoms. The number of amides is 2. The van der Waals surface area contributed by atoms with Crippen LogP contribution in [0.3, 0.4) is 0 Å². The minimum Gasteiger partial charge on any atom is -0.339 e. The molecule has 0 bridgehead atoms. The molecule has 2 amide bonds. The number of halogens is 2. The second-order valence-corrected chi connectivity index (χ2v) is 9.48. The van der Waals surface area contributed by atoms with Crippen molar-refractivity contribution in [3.05, 3.63) is 96.1 Å². The van der Waals surface area contributed by atoms with Gasteiger partial charge in [-0.25, -0.2) is 8.78 Å². The second-order valence-electron chi connectivity index (χ2n) is 9.48. The molecule has 39 heavy (non-hydrogen) atoms. The van der Waals surface area contributed by atoms with Gasteiger partial charge in [-0.05, 0) is 55.7 Å². The topological polar surface area (TPSA) is 93.0 Å². The summed E-state index contributed by atoms with van der Waals surface area (Å²) in [7, 11) is 0. The summed E-state index contributed by atoms with van der Waals surface area (Å²) in [6.07, 6.45) is 5.43. The number of carbonyl (C=O) groups excluding carboxylic acids is 2. The van der Waals surface area contributed by atoms with Crippen molar-refractivity contribution < 1.29 is 18.4 Å². The summed E-state index contributed by atoms with van der Waals surface area (Å²) in [4.78, 5) is 32.7. The molecule has 8 nitrogen and oxygen atoms in total. The maximum absolute atomic E-state index is 14.3. The van der Waals surface area contributed by atoms with E-state index in [0.717, 1.165) is 23.5 Å². The molecule has 0 radical (unpaired) electrons. The molecule has 1 atom stereocenters. The van der Waals surface area contributed by atoms with Crippen molar-refractivity contribution in [3.63, 3.8) is 0 Å². The second kappa shape index (κ2) is 11.9. The number of aromatic nitrogens is 4. The third-order valence-electron chi connectivity index (χ3n) is 6.89. The van der Waals surface area contributed by atoms with Gasteiger partial charge >= 0.3 is 0 Å². The number of nitrogens with zero attached hydrogens (tertiary/aromatic N) is 5. The highest BCUT2D eigenvalue weighted by Gasteiger charge is 2.26. The standard InChI is InChI=1S/C29H28F2N6O2/c30-23-10-11-25(24(31)18-23)33-28(38)20-12-16-36(29(39)21-6-2-1-3-7-21)15-5-9-26-34-35-27(37(26)17-13-20)22-8-4-14-32-19-22/h1-4,6-8,10-11,14,18-20H,5,9,12-13,15-17H2,(H,33,38). The molecule has 0 saturated heterocycles. The maximum atomic E-state index is 14.3. The van der Waals surface area contributed by atoms with Crippen LogP contribution in [0.5, 0.6) is 0 Å². The quantitative estimate of drug-likeness (QED) is 0.411. The van der Waals surface area contributed by atoms with Gasteiger partial charge in [0.2, 0.25) is 5.91 Å². The fourth-order valence-corrected chi connectivity index (χ4v) is 4.80. The monoisotopic (exact) mass is 530 g/mol.